The summed E-state index contributed by atoms with van der Waals surface area (Å²) in [7, 11) is 1.62. The highest BCUT2D eigenvalue weighted by Gasteiger charge is 2.34. The smallest absolute Gasteiger partial charge is 0.299 e. The number of hydrogen-bond donors (Lipinski definition) is 0. The number of Topliss-reactive ketones (excluding diaryl/α,β-unsaturated/α-hetero) is 1. The van der Waals surface area contributed by atoms with Gasteiger partial charge in [0.2, 0.25) is 0 Å². The van der Waals surface area contributed by atoms with Gasteiger partial charge in [-0.1, -0.05) is 12.1 Å². The second-order valence-corrected chi connectivity index (χ2v) is 4.52. The van der Waals surface area contributed by atoms with Gasteiger partial charge in [0.25, 0.3) is 11.7 Å². The highest BCUT2D eigenvalue weighted by atomic mass is 16.5. The Balaban J connectivity index is 1.72. The number of nitrogens with zero attached hydrogens (tertiary/aromatic N) is 1. The second kappa shape index (κ2) is 7.87. The molecule has 0 spiro atoms. The van der Waals surface area contributed by atoms with Crippen molar-refractivity contribution in [1.29, 1.82) is 0 Å². The minimum Gasteiger partial charge on any atom is -0.382 e. The fraction of sp³-hybridized carbons (Fsp3) is 0.467. The average Bonchev–Trinajstić information content (AvgIpc) is 2.75. The highest BCUT2D eigenvalue weighted by Crippen LogP contribution is 2.27. The van der Waals surface area contributed by atoms with Crippen molar-refractivity contribution in [3.63, 3.8) is 0 Å². The predicted octanol–water partition coefficient (Wildman–Crippen LogP) is 0.896. The quantitative estimate of drug-likeness (QED) is 0.500. The maximum absolute atomic E-state index is 11.9. The summed E-state index contributed by atoms with van der Waals surface area (Å²) in [4.78, 5) is 25.1. The average molecular weight is 293 g/mol. The standard InChI is InChI=1S/C15H19NO5/c1-19-8-9-21-11-10-20-7-6-16-13-5-3-2-4-12(13)14(17)15(16)18/h2-5H,6-11H2,1H3. The fourth-order valence-corrected chi connectivity index (χ4v) is 2.09. The number of anilines is 1. The lowest BCUT2D eigenvalue weighted by Crippen LogP contribution is -2.33. The van der Waals surface area contributed by atoms with Gasteiger partial charge in [0.15, 0.2) is 0 Å². The van der Waals surface area contributed by atoms with Gasteiger partial charge in [0.05, 0.1) is 44.3 Å². The van der Waals surface area contributed by atoms with Gasteiger partial charge in [-0.25, -0.2) is 0 Å². The van der Waals surface area contributed by atoms with E-state index in [1.807, 2.05) is 6.07 Å². The normalized spacial score (nSPS) is 13.9. The summed E-state index contributed by atoms with van der Waals surface area (Å²) in [5.74, 6) is -0.940. The first-order chi connectivity index (χ1) is 10.3. The number of rotatable bonds is 9. The summed E-state index contributed by atoms with van der Waals surface area (Å²) >= 11 is 0. The largest absolute Gasteiger partial charge is 0.382 e. The molecule has 114 valence electrons. The Hall–Kier alpha value is -1.76. The second-order valence-electron chi connectivity index (χ2n) is 4.52. The molecular weight excluding hydrogens is 274 g/mol. The molecule has 0 atom stereocenters. The number of methoxy groups -OCH3 is 1. The lowest BCUT2D eigenvalue weighted by Gasteiger charge is -2.16. The van der Waals surface area contributed by atoms with Crippen LogP contribution in [0.3, 0.4) is 0 Å². The Morgan fingerprint density at radius 1 is 0.952 bits per heavy atom. The van der Waals surface area contributed by atoms with Crippen LogP contribution in [0.25, 0.3) is 0 Å². The van der Waals surface area contributed by atoms with E-state index in [9.17, 15) is 9.59 Å². The van der Waals surface area contributed by atoms with E-state index < -0.39 is 11.7 Å². The van der Waals surface area contributed by atoms with Crippen molar-refractivity contribution in [2.24, 2.45) is 0 Å². The molecule has 1 amide bonds. The van der Waals surface area contributed by atoms with E-state index in [0.717, 1.165) is 0 Å². The van der Waals surface area contributed by atoms with E-state index in [0.29, 0.717) is 50.8 Å². The number of carbonyl (C=O) groups excluding carboxylic acids is 2. The van der Waals surface area contributed by atoms with Crippen molar-refractivity contribution in [3.05, 3.63) is 29.8 Å². The van der Waals surface area contributed by atoms with Gasteiger partial charge >= 0.3 is 0 Å². The number of amides is 1. The Morgan fingerprint density at radius 3 is 2.38 bits per heavy atom. The summed E-state index contributed by atoms with van der Waals surface area (Å²) in [5.41, 5.74) is 1.12. The lowest BCUT2D eigenvalue weighted by molar-refractivity contribution is -0.114. The molecule has 6 nitrogen and oxygen atoms in total. The number of para-hydroxylation sites is 1. The van der Waals surface area contributed by atoms with Gasteiger partial charge in [0, 0.05) is 13.7 Å². The lowest BCUT2D eigenvalue weighted by atomic mass is 10.1. The first kappa shape index (κ1) is 15.6. The summed E-state index contributed by atoms with van der Waals surface area (Å²) in [6.45, 7) is 2.74. The zero-order valence-electron chi connectivity index (χ0n) is 12.0. The van der Waals surface area contributed by atoms with E-state index in [1.165, 1.54) is 4.90 Å². The first-order valence-corrected chi connectivity index (χ1v) is 6.85. The number of carbonyl (C=O) groups is 2. The Bertz CT molecular complexity index is 503. The van der Waals surface area contributed by atoms with Gasteiger partial charge in [-0.2, -0.15) is 0 Å². The van der Waals surface area contributed by atoms with Gasteiger partial charge < -0.3 is 19.1 Å². The van der Waals surface area contributed by atoms with Crippen molar-refractivity contribution in [2.75, 3.05) is 51.6 Å². The van der Waals surface area contributed by atoms with Crippen LogP contribution in [0.1, 0.15) is 10.4 Å². The minimum absolute atomic E-state index is 0.361. The number of ether oxygens (including phenoxy) is 3. The summed E-state index contributed by atoms with van der Waals surface area (Å²) in [6, 6.07) is 7.00. The third-order valence-corrected chi connectivity index (χ3v) is 3.14. The van der Waals surface area contributed by atoms with Crippen LogP contribution in [0, 0.1) is 0 Å². The SMILES string of the molecule is COCCOCCOCCN1C(=O)C(=O)c2ccccc21. The first-order valence-electron chi connectivity index (χ1n) is 6.85. The third-order valence-electron chi connectivity index (χ3n) is 3.14. The molecule has 1 heterocycles. The van der Waals surface area contributed by atoms with Crippen molar-refractivity contribution >= 4 is 17.4 Å². The van der Waals surface area contributed by atoms with E-state index in [-0.39, 0.29) is 0 Å². The van der Waals surface area contributed by atoms with Crippen molar-refractivity contribution in [3.8, 4) is 0 Å². The number of ketones is 1. The number of hydrogen-bond acceptors (Lipinski definition) is 5. The van der Waals surface area contributed by atoms with E-state index in [2.05, 4.69) is 0 Å². The third kappa shape index (κ3) is 3.87. The van der Waals surface area contributed by atoms with Crippen LogP contribution >= 0.6 is 0 Å². The van der Waals surface area contributed by atoms with Crippen LogP contribution < -0.4 is 4.90 Å². The van der Waals surface area contributed by atoms with Crippen LogP contribution in [0.15, 0.2) is 24.3 Å². The Kier molecular flexibility index (Phi) is 5.86. The van der Waals surface area contributed by atoms with Crippen molar-refractivity contribution in [1.82, 2.24) is 0 Å². The van der Waals surface area contributed by atoms with Crippen LogP contribution in [0.5, 0.6) is 0 Å². The molecule has 0 saturated heterocycles. The predicted molar refractivity (Wildman–Crippen MR) is 76.6 cm³/mol. The highest BCUT2D eigenvalue weighted by molar-refractivity contribution is 6.52. The Morgan fingerprint density at radius 2 is 1.62 bits per heavy atom. The molecule has 0 saturated carbocycles. The molecule has 0 aliphatic carbocycles. The van der Waals surface area contributed by atoms with Gasteiger partial charge in [0.1, 0.15) is 0 Å². The molecule has 2 rings (SSSR count). The van der Waals surface area contributed by atoms with Gasteiger partial charge in [-0.3, -0.25) is 9.59 Å². The molecule has 0 aromatic heterocycles. The van der Waals surface area contributed by atoms with E-state index in [4.69, 9.17) is 14.2 Å². The van der Waals surface area contributed by atoms with Crippen LogP contribution in [-0.4, -0.2) is 58.4 Å². The van der Waals surface area contributed by atoms with Crippen molar-refractivity contribution in [2.45, 2.75) is 0 Å². The summed E-state index contributed by atoms with van der Waals surface area (Å²) in [5, 5.41) is 0. The maximum atomic E-state index is 11.9. The zero-order chi connectivity index (χ0) is 15.1. The van der Waals surface area contributed by atoms with Crippen LogP contribution in [0.4, 0.5) is 5.69 Å². The maximum Gasteiger partial charge on any atom is 0.299 e. The molecule has 0 bridgehead atoms. The fourth-order valence-electron chi connectivity index (χ4n) is 2.09. The number of fused-ring (bicyclic) bond motifs is 1. The molecule has 0 fully saturated rings. The Labute approximate surface area is 123 Å². The summed E-state index contributed by atoms with van der Waals surface area (Å²) < 4.78 is 15.5. The van der Waals surface area contributed by atoms with Crippen molar-refractivity contribution < 1.29 is 23.8 Å². The zero-order valence-corrected chi connectivity index (χ0v) is 12.0. The molecular formula is C15H19NO5. The molecule has 21 heavy (non-hydrogen) atoms. The molecule has 1 aliphatic heterocycles. The molecule has 0 N–H and O–H groups in total. The molecule has 1 aromatic rings. The molecule has 1 aromatic carbocycles. The van der Waals surface area contributed by atoms with E-state index in [1.54, 1.807) is 25.3 Å². The van der Waals surface area contributed by atoms with Gasteiger partial charge in [-0.05, 0) is 12.1 Å². The molecule has 1 aliphatic rings. The molecule has 6 heteroatoms. The molecule has 0 unspecified atom stereocenters. The van der Waals surface area contributed by atoms with E-state index >= 15 is 0 Å². The number of benzene rings is 1. The topological polar surface area (TPSA) is 65.1 Å². The minimum atomic E-state index is -0.490. The monoisotopic (exact) mass is 293 g/mol. The van der Waals surface area contributed by atoms with Crippen LogP contribution in [0.2, 0.25) is 0 Å². The van der Waals surface area contributed by atoms with Crippen LogP contribution in [-0.2, 0) is 19.0 Å². The summed E-state index contributed by atoms with van der Waals surface area (Å²) in [6.07, 6.45) is 0. The van der Waals surface area contributed by atoms with Gasteiger partial charge in [-0.15, -0.1) is 0 Å². The molecule has 0 radical (unpaired) electrons.